The number of rotatable bonds is 3. The molecule has 0 fully saturated rings. The van der Waals surface area contributed by atoms with Gasteiger partial charge >= 0.3 is 6.18 Å². The van der Waals surface area contributed by atoms with E-state index in [0.29, 0.717) is 29.2 Å². The van der Waals surface area contributed by atoms with Crippen molar-refractivity contribution in [2.75, 3.05) is 11.4 Å². The van der Waals surface area contributed by atoms with Crippen LogP contribution in [0.5, 0.6) is 0 Å². The summed E-state index contributed by atoms with van der Waals surface area (Å²) < 4.78 is 40.1. The molecule has 0 saturated carbocycles. The number of anilines is 1. The molecule has 0 bridgehead atoms. The highest BCUT2D eigenvalue weighted by Crippen LogP contribution is 2.34. The van der Waals surface area contributed by atoms with Gasteiger partial charge in [-0.25, -0.2) is 4.98 Å². The summed E-state index contributed by atoms with van der Waals surface area (Å²) in [7, 11) is 0. The summed E-state index contributed by atoms with van der Waals surface area (Å²) >= 11 is 0. The van der Waals surface area contributed by atoms with E-state index < -0.39 is 11.7 Å². The highest BCUT2D eigenvalue weighted by Gasteiger charge is 2.35. The number of carbonyl (C=O) groups is 1. The van der Waals surface area contributed by atoms with Crippen molar-refractivity contribution in [1.82, 2.24) is 19.7 Å². The molecule has 1 N–H and O–H groups in total. The molecule has 3 aromatic rings. The van der Waals surface area contributed by atoms with Gasteiger partial charge in [0.1, 0.15) is 11.5 Å². The number of nitrogens with zero attached hydrogens (tertiary/aromatic N) is 4. The third-order valence-corrected chi connectivity index (χ3v) is 4.87. The van der Waals surface area contributed by atoms with Crippen LogP contribution in [-0.4, -0.2) is 32.2 Å². The Balaban J connectivity index is 0.00000240. The Bertz CT molecular complexity index is 1030. The maximum absolute atomic E-state index is 13.2. The Labute approximate surface area is 172 Å². The molecule has 1 atom stereocenters. The second-order valence-corrected chi connectivity index (χ2v) is 6.76. The van der Waals surface area contributed by atoms with Crippen LogP contribution >= 0.6 is 13.5 Å². The average Bonchev–Trinajstić information content (AvgIpc) is 3.31. The third kappa shape index (κ3) is 3.64. The largest absolute Gasteiger partial charge is 0.416 e. The van der Waals surface area contributed by atoms with Crippen molar-refractivity contribution in [1.29, 1.82) is 0 Å². The Morgan fingerprint density at radius 3 is 2.48 bits per heavy atom. The lowest BCUT2D eigenvalue weighted by Crippen LogP contribution is -2.42. The highest BCUT2D eigenvalue weighted by molar-refractivity contribution is 7.59. The molecule has 0 spiro atoms. The van der Waals surface area contributed by atoms with Crippen LogP contribution in [0, 0.1) is 0 Å². The van der Waals surface area contributed by atoms with Crippen LogP contribution < -0.4 is 4.90 Å². The van der Waals surface area contributed by atoms with Crippen LogP contribution in [0.25, 0.3) is 11.3 Å². The van der Waals surface area contributed by atoms with Crippen molar-refractivity contribution in [3.05, 3.63) is 53.7 Å². The lowest BCUT2D eigenvalue weighted by Gasteiger charge is -2.32. The number of imidazole rings is 1. The van der Waals surface area contributed by atoms with Crippen molar-refractivity contribution >= 4 is 25.1 Å². The van der Waals surface area contributed by atoms with E-state index in [0.717, 1.165) is 24.4 Å². The number of alkyl halides is 3. The lowest BCUT2D eigenvalue weighted by atomic mass is 10.1. The summed E-state index contributed by atoms with van der Waals surface area (Å²) in [5, 5.41) is 4.35. The summed E-state index contributed by atoms with van der Waals surface area (Å²) in [6.45, 7) is 4.20. The van der Waals surface area contributed by atoms with Crippen molar-refractivity contribution in [2.45, 2.75) is 32.5 Å². The second-order valence-electron chi connectivity index (χ2n) is 6.76. The first-order valence-corrected chi connectivity index (χ1v) is 8.90. The molecule has 10 heteroatoms. The Morgan fingerprint density at radius 1 is 1.21 bits per heavy atom. The maximum atomic E-state index is 13.2. The van der Waals surface area contributed by atoms with Crippen molar-refractivity contribution in [3.63, 3.8) is 0 Å². The fourth-order valence-corrected chi connectivity index (χ4v) is 3.39. The second kappa shape index (κ2) is 7.58. The predicted molar refractivity (Wildman–Crippen MR) is 107 cm³/mol. The summed E-state index contributed by atoms with van der Waals surface area (Å²) in [6, 6.07) is 4.50. The summed E-state index contributed by atoms with van der Waals surface area (Å²) in [5.74, 6) is 0.490. The van der Waals surface area contributed by atoms with Gasteiger partial charge < -0.3 is 9.88 Å². The van der Waals surface area contributed by atoms with Crippen LogP contribution in [-0.2, 0) is 12.6 Å². The van der Waals surface area contributed by atoms with Gasteiger partial charge in [0.2, 0.25) is 0 Å². The highest BCUT2D eigenvalue weighted by atomic mass is 32.1. The number of aryl methyl sites for hydroxylation is 1. The standard InChI is InChI=1S/C19H18F3N5O.H2S/c1-3-16-23-9-15(25-16)14-8-24-27-11(2)10-26(18(28)17(14)27)13-6-4-12(5-7-13)19(20,21)22;/h4-9,11H,3,10H2,1-2H3,(H,23,25);1H2/t11-;/m0./s1. The number of fused-ring (bicyclic) bond motifs is 1. The van der Waals surface area contributed by atoms with Crippen LogP contribution in [0.2, 0.25) is 0 Å². The minimum atomic E-state index is -4.42. The molecule has 1 aromatic carbocycles. The van der Waals surface area contributed by atoms with Crippen LogP contribution in [0.1, 0.15) is 41.8 Å². The summed E-state index contributed by atoms with van der Waals surface area (Å²) in [5.41, 5.74) is 1.38. The number of hydrogen-bond donors (Lipinski definition) is 1. The molecule has 0 saturated heterocycles. The van der Waals surface area contributed by atoms with Gasteiger partial charge in [-0.3, -0.25) is 9.48 Å². The zero-order valence-corrected chi connectivity index (χ0v) is 16.8. The van der Waals surface area contributed by atoms with Gasteiger partial charge in [0, 0.05) is 18.7 Å². The molecule has 4 rings (SSSR count). The topological polar surface area (TPSA) is 66.8 Å². The van der Waals surface area contributed by atoms with E-state index in [4.69, 9.17) is 0 Å². The zero-order valence-electron chi connectivity index (χ0n) is 15.8. The van der Waals surface area contributed by atoms with Crippen molar-refractivity contribution in [2.24, 2.45) is 0 Å². The first kappa shape index (κ1) is 21.0. The van der Waals surface area contributed by atoms with Crippen LogP contribution in [0.4, 0.5) is 18.9 Å². The number of aromatic nitrogens is 4. The number of halogens is 3. The van der Waals surface area contributed by atoms with Gasteiger partial charge in [-0.2, -0.15) is 31.8 Å². The van der Waals surface area contributed by atoms with E-state index in [1.165, 1.54) is 17.0 Å². The fraction of sp³-hybridized carbons (Fsp3) is 0.316. The van der Waals surface area contributed by atoms with Gasteiger partial charge in [0.05, 0.1) is 35.3 Å². The number of aromatic amines is 1. The number of benzene rings is 1. The average molecular weight is 423 g/mol. The number of amides is 1. The van der Waals surface area contributed by atoms with Crippen LogP contribution in [0.3, 0.4) is 0 Å². The van der Waals surface area contributed by atoms with Gasteiger partial charge in [-0.05, 0) is 31.2 Å². The van der Waals surface area contributed by atoms with Crippen LogP contribution in [0.15, 0.2) is 36.7 Å². The van der Waals surface area contributed by atoms with Gasteiger partial charge in [0.15, 0.2) is 0 Å². The van der Waals surface area contributed by atoms with Crippen molar-refractivity contribution in [3.8, 4) is 11.3 Å². The summed E-state index contributed by atoms with van der Waals surface area (Å²) in [6.07, 6.45) is -0.411. The smallest absolute Gasteiger partial charge is 0.342 e. The van der Waals surface area contributed by atoms with Crippen molar-refractivity contribution < 1.29 is 18.0 Å². The third-order valence-electron chi connectivity index (χ3n) is 4.87. The number of nitrogens with one attached hydrogen (secondary N) is 1. The molecule has 2 aromatic heterocycles. The molecule has 3 heterocycles. The molecular weight excluding hydrogens is 403 g/mol. The molecule has 0 radical (unpaired) electrons. The maximum Gasteiger partial charge on any atom is 0.416 e. The van der Waals surface area contributed by atoms with E-state index in [1.54, 1.807) is 17.1 Å². The quantitative estimate of drug-likeness (QED) is 0.687. The van der Waals surface area contributed by atoms with Gasteiger partial charge in [0.25, 0.3) is 5.91 Å². The molecule has 0 aliphatic carbocycles. The van der Waals surface area contributed by atoms with Gasteiger partial charge in [-0.15, -0.1) is 0 Å². The molecule has 0 unspecified atom stereocenters. The molecule has 154 valence electrons. The number of hydrogen-bond acceptors (Lipinski definition) is 3. The van der Waals surface area contributed by atoms with E-state index in [9.17, 15) is 18.0 Å². The lowest BCUT2D eigenvalue weighted by molar-refractivity contribution is -0.137. The Kier molecular flexibility index (Phi) is 5.48. The SMILES string of the molecule is CCc1ncc(-c2cnn3c2C(=O)N(c2ccc(C(F)(F)F)cc2)C[C@@H]3C)[nH]1.S. The molecule has 1 aliphatic rings. The van der Waals surface area contributed by atoms with E-state index in [2.05, 4.69) is 15.1 Å². The van der Waals surface area contributed by atoms with E-state index in [1.807, 2.05) is 13.8 Å². The number of H-pyrrole nitrogens is 1. The van der Waals surface area contributed by atoms with Gasteiger partial charge in [-0.1, -0.05) is 6.92 Å². The zero-order chi connectivity index (χ0) is 20.1. The molecule has 1 aliphatic heterocycles. The monoisotopic (exact) mass is 423 g/mol. The predicted octanol–water partition coefficient (Wildman–Crippen LogP) is 4.19. The van der Waals surface area contributed by atoms with E-state index in [-0.39, 0.29) is 25.4 Å². The summed E-state index contributed by atoms with van der Waals surface area (Å²) in [4.78, 5) is 22.1. The molecule has 29 heavy (non-hydrogen) atoms. The fourth-order valence-electron chi connectivity index (χ4n) is 3.39. The minimum absolute atomic E-state index is 0. The van der Waals surface area contributed by atoms with E-state index >= 15 is 0 Å². The first-order chi connectivity index (χ1) is 13.3. The normalized spacial score (nSPS) is 16.5. The first-order valence-electron chi connectivity index (χ1n) is 8.90. The Morgan fingerprint density at radius 2 is 1.90 bits per heavy atom. The minimum Gasteiger partial charge on any atom is -0.342 e. The molecular formula is C19H20F3N5OS. The Hall–Kier alpha value is -2.75. The molecule has 1 amide bonds. The molecule has 6 nitrogen and oxygen atoms in total. The number of carbonyl (C=O) groups excluding carboxylic acids is 1.